The number of fused-ring (bicyclic) bond motifs is 1. The Labute approximate surface area is 172 Å². The zero-order chi connectivity index (χ0) is 21.7. The van der Waals surface area contributed by atoms with Crippen molar-refractivity contribution >= 4 is 22.6 Å². The summed E-state index contributed by atoms with van der Waals surface area (Å²) in [7, 11) is 0. The van der Waals surface area contributed by atoms with Gasteiger partial charge in [0, 0.05) is 23.2 Å². The van der Waals surface area contributed by atoms with E-state index in [9.17, 15) is 20.0 Å². The van der Waals surface area contributed by atoms with Gasteiger partial charge in [0.05, 0.1) is 0 Å². The summed E-state index contributed by atoms with van der Waals surface area (Å²) in [5.41, 5.74) is -0.331. The van der Waals surface area contributed by atoms with Gasteiger partial charge in [-0.3, -0.25) is 9.59 Å². The van der Waals surface area contributed by atoms with E-state index in [1.165, 1.54) is 0 Å². The van der Waals surface area contributed by atoms with Crippen molar-refractivity contribution < 1.29 is 24.5 Å². The molecule has 3 aromatic rings. The van der Waals surface area contributed by atoms with E-state index < -0.39 is 17.9 Å². The van der Waals surface area contributed by atoms with Gasteiger partial charge >= 0.3 is 5.97 Å². The molecule has 0 aliphatic heterocycles. The van der Waals surface area contributed by atoms with E-state index in [0.29, 0.717) is 16.9 Å². The van der Waals surface area contributed by atoms with Gasteiger partial charge in [0.25, 0.3) is 5.91 Å². The van der Waals surface area contributed by atoms with Crippen LogP contribution in [0.25, 0.3) is 10.8 Å². The van der Waals surface area contributed by atoms with Crippen LogP contribution in [0, 0.1) is 11.3 Å². The number of aliphatic carboxylic acids is 1. The topological polar surface area (TPSA) is 133 Å². The van der Waals surface area contributed by atoms with Crippen LogP contribution in [0.3, 0.4) is 0 Å². The maximum Gasteiger partial charge on any atom is 0.303 e. The van der Waals surface area contributed by atoms with E-state index in [2.05, 4.69) is 10.3 Å². The highest BCUT2D eigenvalue weighted by molar-refractivity contribution is 6.03. The monoisotopic (exact) mass is 405 g/mol. The van der Waals surface area contributed by atoms with Gasteiger partial charge in [-0.15, -0.1) is 0 Å². The molecule has 0 spiro atoms. The molecular formula is C22H19N3O5. The first kappa shape index (κ1) is 20.6. The van der Waals surface area contributed by atoms with Crippen LogP contribution < -0.4 is 10.1 Å². The largest absolute Gasteiger partial charge is 0.505 e. The number of rotatable bonds is 7. The van der Waals surface area contributed by atoms with Crippen molar-refractivity contribution in [3.8, 4) is 23.3 Å². The van der Waals surface area contributed by atoms with E-state index in [1.807, 2.05) is 24.3 Å². The fourth-order valence-corrected chi connectivity index (χ4v) is 2.91. The number of amides is 1. The van der Waals surface area contributed by atoms with E-state index in [-0.39, 0.29) is 35.4 Å². The molecule has 1 heterocycles. The minimum Gasteiger partial charge on any atom is -0.505 e. The number of carboxylic acids is 1. The van der Waals surface area contributed by atoms with E-state index in [0.717, 1.165) is 0 Å². The number of nitrogens with one attached hydrogen (secondary N) is 1. The van der Waals surface area contributed by atoms with Gasteiger partial charge in [0.15, 0.2) is 11.4 Å². The molecule has 1 aromatic heterocycles. The van der Waals surface area contributed by atoms with Crippen LogP contribution in [-0.2, 0) is 4.79 Å². The van der Waals surface area contributed by atoms with Crippen LogP contribution in [0.5, 0.6) is 17.2 Å². The molecule has 1 amide bonds. The third-order valence-corrected chi connectivity index (χ3v) is 4.42. The molecule has 3 N–H and O–H groups in total. The highest BCUT2D eigenvalue weighted by Crippen LogP contribution is 2.33. The van der Waals surface area contributed by atoms with Crippen molar-refractivity contribution in [3.63, 3.8) is 0 Å². The number of carbonyl (C=O) groups is 2. The zero-order valence-electron chi connectivity index (χ0n) is 16.1. The lowest BCUT2D eigenvalue weighted by Gasteiger charge is -2.14. The Bertz CT molecular complexity index is 1140. The number of hydrogen-bond donors (Lipinski definition) is 3. The van der Waals surface area contributed by atoms with Crippen LogP contribution in [0.1, 0.15) is 35.9 Å². The molecule has 0 aliphatic rings. The smallest absolute Gasteiger partial charge is 0.303 e. The summed E-state index contributed by atoms with van der Waals surface area (Å²) < 4.78 is 5.76. The molecule has 1 atom stereocenters. The number of aromatic hydroxyl groups is 1. The summed E-state index contributed by atoms with van der Waals surface area (Å²) in [5, 5.41) is 32.1. The van der Waals surface area contributed by atoms with Crippen LogP contribution in [0.2, 0.25) is 0 Å². The summed E-state index contributed by atoms with van der Waals surface area (Å²) in [6.45, 7) is 1.65. The summed E-state index contributed by atoms with van der Waals surface area (Å²) in [6, 6.07) is 15.3. The fourth-order valence-electron chi connectivity index (χ4n) is 2.91. The van der Waals surface area contributed by atoms with Crippen LogP contribution in [0.15, 0.2) is 48.5 Å². The molecule has 3 rings (SSSR count). The predicted molar refractivity (Wildman–Crippen MR) is 108 cm³/mol. The Morgan fingerprint density at radius 1 is 1.17 bits per heavy atom. The standard InChI is InChI=1S/C22H19N3O5/c1-13(7-10-19(26)27)24-22(29)20-21(28)16-9-8-15(11-17(16)18(12-23)25-20)30-14-5-3-2-4-6-14/h2-6,8-9,11,13,28H,7,10H2,1H3,(H,24,29)(H,26,27). The number of carboxylic acid groups (broad SMARTS) is 1. The number of hydrogen-bond acceptors (Lipinski definition) is 6. The van der Waals surface area contributed by atoms with Gasteiger partial charge in [-0.25, -0.2) is 4.98 Å². The van der Waals surface area contributed by atoms with Crippen LogP contribution in [0.4, 0.5) is 0 Å². The molecular weight excluding hydrogens is 386 g/mol. The average molecular weight is 405 g/mol. The highest BCUT2D eigenvalue weighted by atomic mass is 16.5. The maximum absolute atomic E-state index is 12.5. The molecule has 8 heteroatoms. The van der Waals surface area contributed by atoms with Crippen molar-refractivity contribution in [2.45, 2.75) is 25.8 Å². The van der Waals surface area contributed by atoms with Crippen molar-refractivity contribution in [2.75, 3.05) is 0 Å². The van der Waals surface area contributed by atoms with Gasteiger partial charge in [0.2, 0.25) is 0 Å². The quantitative estimate of drug-likeness (QED) is 0.547. The second kappa shape index (κ2) is 8.92. The number of carbonyl (C=O) groups excluding carboxylic acids is 1. The third kappa shape index (κ3) is 4.64. The molecule has 0 fully saturated rings. The predicted octanol–water partition coefficient (Wildman–Crippen LogP) is 3.59. The number of nitrogens with zero attached hydrogens (tertiary/aromatic N) is 2. The van der Waals surface area contributed by atoms with Crippen molar-refractivity contribution in [1.82, 2.24) is 10.3 Å². The average Bonchev–Trinajstić information content (AvgIpc) is 2.73. The Kier molecular flexibility index (Phi) is 6.13. The molecule has 2 aromatic carbocycles. The number of para-hydroxylation sites is 1. The number of pyridine rings is 1. The molecule has 1 unspecified atom stereocenters. The number of benzene rings is 2. The Balaban J connectivity index is 1.92. The minimum atomic E-state index is -0.969. The maximum atomic E-state index is 12.5. The molecule has 30 heavy (non-hydrogen) atoms. The lowest BCUT2D eigenvalue weighted by atomic mass is 10.1. The van der Waals surface area contributed by atoms with E-state index in [4.69, 9.17) is 9.84 Å². The second-order valence-electron chi connectivity index (χ2n) is 6.70. The van der Waals surface area contributed by atoms with E-state index in [1.54, 1.807) is 37.3 Å². The van der Waals surface area contributed by atoms with Crippen molar-refractivity contribution in [2.24, 2.45) is 0 Å². The summed E-state index contributed by atoms with van der Waals surface area (Å²) in [5.74, 6) is -0.959. The van der Waals surface area contributed by atoms with Crippen LogP contribution in [-0.4, -0.2) is 33.1 Å². The zero-order valence-corrected chi connectivity index (χ0v) is 16.1. The Morgan fingerprint density at radius 3 is 2.57 bits per heavy atom. The van der Waals surface area contributed by atoms with Crippen LogP contribution >= 0.6 is 0 Å². The summed E-state index contributed by atoms with van der Waals surface area (Å²) in [4.78, 5) is 27.2. The first-order valence-corrected chi connectivity index (χ1v) is 9.21. The molecule has 8 nitrogen and oxygen atoms in total. The van der Waals surface area contributed by atoms with Gasteiger partial charge in [-0.1, -0.05) is 18.2 Å². The molecule has 0 saturated heterocycles. The SMILES string of the molecule is CC(CCC(=O)O)NC(=O)c1nc(C#N)c2cc(Oc3ccccc3)ccc2c1O. The van der Waals surface area contributed by atoms with Gasteiger partial charge in [-0.2, -0.15) is 5.26 Å². The Morgan fingerprint density at radius 2 is 1.90 bits per heavy atom. The first-order valence-electron chi connectivity index (χ1n) is 9.21. The number of ether oxygens (including phenoxy) is 1. The van der Waals surface area contributed by atoms with Gasteiger partial charge in [-0.05, 0) is 43.7 Å². The molecule has 0 saturated carbocycles. The van der Waals surface area contributed by atoms with Crippen molar-refractivity contribution in [3.05, 3.63) is 59.9 Å². The Hall–Kier alpha value is -4.12. The van der Waals surface area contributed by atoms with Crippen molar-refractivity contribution in [1.29, 1.82) is 5.26 Å². The first-order chi connectivity index (χ1) is 14.4. The molecule has 0 radical (unpaired) electrons. The lowest BCUT2D eigenvalue weighted by molar-refractivity contribution is -0.137. The third-order valence-electron chi connectivity index (χ3n) is 4.42. The molecule has 152 valence electrons. The lowest BCUT2D eigenvalue weighted by Crippen LogP contribution is -2.33. The summed E-state index contributed by atoms with van der Waals surface area (Å²) in [6.07, 6.45) is 0.118. The molecule has 0 bridgehead atoms. The second-order valence-corrected chi connectivity index (χ2v) is 6.70. The summed E-state index contributed by atoms with van der Waals surface area (Å²) >= 11 is 0. The number of nitriles is 1. The highest BCUT2D eigenvalue weighted by Gasteiger charge is 2.21. The fraction of sp³-hybridized carbons (Fsp3) is 0.182. The minimum absolute atomic E-state index is 0.0374. The number of aromatic nitrogens is 1. The van der Waals surface area contributed by atoms with Gasteiger partial charge in [0.1, 0.15) is 23.3 Å². The normalized spacial score (nSPS) is 11.5. The van der Waals surface area contributed by atoms with Gasteiger partial charge < -0.3 is 20.3 Å². The van der Waals surface area contributed by atoms with E-state index >= 15 is 0 Å². The molecule has 0 aliphatic carbocycles.